The highest BCUT2D eigenvalue weighted by Gasteiger charge is 2.10. The van der Waals surface area contributed by atoms with Crippen LogP contribution in [0.3, 0.4) is 0 Å². The summed E-state index contributed by atoms with van der Waals surface area (Å²) in [5, 5.41) is 0. The minimum Gasteiger partial charge on any atom is -0.462 e. The zero-order valence-corrected chi connectivity index (χ0v) is 15.6. The fraction of sp³-hybridized carbons (Fsp3) is 0.455. The molecule has 2 atom stereocenters. The van der Waals surface area contributed by atoms with Crippen LogP contribution in [0.5, 0.6) is 5.75 Å². The minimum atomic E-state index is -0.445. The lowest BCUT2D eigenvalue weighted by molar-refractivity contribution is -0.356. The first-order valence-electron chi connectivity index (χ1n) is 9.31. The molecular formula is C22H30O3. The van der Waals surface area contributed by atoms with Crippen molar-refractivity contribution < 1.29 is 14.5 Å². The molecule has 3 nitrogen and oxygen atoms in total. The van der Waals surface area contributed by atoms with E-state index in [0.717, 1.165) is 12.2 Å². The van der Waals surface area contributed by atoms with Gasteiger partial charge in [-0.2, -0.15) is 4.89 Å². The van der Waals surface area contributed by atoms with Gasteiger partial charge >= 0.3 is 0 Å². The van der Waals surface area contributed by atoms with E-state index in [1.807, 2.05) is 37.3 Å². The molecule has 2 aromatic rings. The van der Waals surface area contributed by atoms with Crippen LogP contribution in [0.15, 0.2) is 54.6 Å². The number of hydrogen-bond acceptors (Lipinski definition) is 3. The summed E-state index contributed by atoms with van der Waals surface area (Å²) >= 11 is 0. The van der Waals surface area contributed by atoms with Crippen LogP contribution < -0.4 is 4.74 Å². The lowest BCUT2D eigenvalue weighted by Gasteiger charge is -2.17. The van der Waals surface area contributed by atoms with E-state index in [9.17, 15) is 0 Å². The van der Waals surface area contributed by atoms with Crippen LogP contribution in [0.2, 0.25) is 0 Å². The van der Waals surface area contributed by atoms with Crippen LogP contribution in [-0.4, -0.2) is 12.9 Å². The topological polar surface area (TPSA) is 27.7 Å². The normalized spacial score (nSPS) is 13.4. The minimum absolute atomic E-state index is 0.445. The molecule has 0 aliphatic carbocycles. The average Bonchev–Trinajstić information content (AvgIpc) is 2.65. The van der Waals surface area contributed by atoms with E-state index in [4.69, 9.17) is 14.5 Å². The van der Waals surface area contributed by atoms with Gasteiger partial charge in [-0.25, -0.2) is 4.89 Å². The Bertz CT molecular complexity index is 580. The van der Waals surface area contributed by atoms with Gasteiger partial charge in [-0.3, -0.25) is 0 Å². The molecule has 25 heavy (non-hydrogen) atoms. The van der Waals surface area contributed by atoms with E-state index >= 15 is 0 Å². The predicted molar refractivity (Wildman–Crippen MR) is 102 cm³/mol. The van der Waals surface area contributed by atoms with E-state index in [0.29, 0.717) is 12.5 Å². The molecule has 0 radical (unpaired) electrons. The molecule has 0 heterocycles. The van der Waals surface area contributed by atoms with Crippen molar-refractivity contribution in [3.05, 3.63) is 65.7 Å². The third kappa shape index (κ3) is 6.89. The number of rotatable bonds is 11. The largest absolute Gasteiger partial charge is 0.462 e. The van der Waals surface area contributed by atoms with E-state index in [-0.39, 0.29) is 0 Å². The van der Waals surface area contributed by atoms with Crippen molar-refractivity contribution >= 4 is 0 Å². The number of hydrogen-bond donors (Lipinski definition) is 0. The molecule has 2 unspecified atom stereocenters. The van der Waals surface area contributed by atoms with Gasteiger partial charge in [-0.1, -0.05) is 62.7 Å². The lowest BCUT2D eigenvalue weighted by atomic mass is 9.92. The lowest BCUT2D eigenvalue weighted by Crippen LogP contribution is -2.17. The van der Waals surface area contributed by atoms with Gasteiger partial charge in [0.05, 0.1) is 6.61 Å². The molecule has 0 aliphatic rings. The van der Waals surface area contributed by atoms with Gasteiger partial charge in [0.25, 0.3) is 0 Å². The second-order valence-corrected chi connectivity index (χ2v) is 6.30. The summed E-state index contributed by atoms with van der Waals surface area (Å²) in [4.78, 5) is 10.5. The first-order valence-corrected chi connectivity index (χ1v) is 9.31. The third-order valence-electron chi connectivity index (χ3n) is 4.30. The Hall–Kier alpha value is -1.84. The van der Waals surface area contributed by atoms with Crippen molar-refractivity contribution in [2.75, 3.05) is 6.61 Å². The molecule has 0 aliphatic heterocycles. The van der Waals surface area contributed by atoms with Crippen LogP contribution in [-0.2, 0) is 16.2 Å². The summed E-state index contributed by atoms with van der Waals surface area (Å²) in [5.41, 5.74) is 2.61. The van der Waals surface area contributed by atoms with Gasteiger partial charge in [-0.05, 0) is 48.4 Å². The van der Waals surface area contributed by atoms with E-state index in [2.05, 4.69) is 38.1 Å². The van der Waals surface area contributed by atoms with Crippen molar-refractivity contribution in [3.63, 3.8) is 0 Å². The van der Waals surface area contributed by atoms with E-state index in [1.165, 1.54) is 30.4 Å². The highest BCUT2D eigenvalue weighted by Crippen LogP contribution is 2.26. The van der Waals surface area contributed by atoms with Crippen LogP contribution >= 0.6 is 0 Å². The van der Waals surface area contributed by atoms with Gasteiger partial charge in [0.15, 0.2) is 0 Å². The van der Waals surface area contributed by atoms with Crippen LogP contribution in [0.1, 0.15) is 57.1 Å². The maximum atomic E-state index is 5.75. The molecular weight excluding hydrogens is 312 g/mol. The fourth-order valence-electron chi connectivity index (χ4n) is 2.93. The third-order valence-corrected chi connectivity index (χ3v) is 4.30. The Morgan fingerprint density at radius 2 is 1.64 bits per heavy atom. The first-order chi connectivity index (χ1) is 12.2. The predicted octanol–water partition coefficient (Wildman–Crippen LogP) is 5.90. The fourth-order valence-corrected chi connectivity index (χ4v) is 2.93. The molecule has 0 saturated heterocycles. The summed E-state index contributed by atoms with van der Waals surface area (Å²) in [6, 6.07) is 18.5. The Kier molecular flexibility index (Phi) is 8.50. The second-order valence-electron chi connectivity index (χ2n) is 6.30. The molecule has 0 fully saturated rings. The van der Waals surface area contributed by atoms with Crippen molar-refractivity contribution in [3.8, 4) is 5.75 Å². The first kappa shape index (κ1) is 19.5. The van der Waals surface area contributed by atoms with E-state index < -0.39 is 6.29 Å². The molecule has 2 rings (SSSR count). The monoisotopic (exact) mass is 342 g/mol. The van der Waals surface area contributed by atoms with Gasteiger partial charge < -0.3 is 4.74 Å². The molecule has 136 valence electrons. The number of ether oxygens (including phenoxy) is 1. The van der Waals surface area contributed by atoms with Crippen LogP contribution in [0, 0.1) is 0 Å². The van der Waals surface area contributed by atoms with Gasteiger partial charge in [0, 0.05) is 6.92 Å². The summed E-state index contributed by atoms with van der Waals surface area (Å²) in [7, 11) is 0. The van der Waals surface area contributed by atoms with Crippen LogP contribution in [0.25, 0.3) is 0 Å². The summed E-state index contributed by atoms with van der Waals surface area (Å²) in [5.74, 6) is 1.43. The Morgan fingerprint density at radius 3 is 2.28 bits per heavy atom. The quantitative estimate of drug-likeness (QED) is 0.220. The smallest absolute Gasteiger partial charge is 0.228 e. The molecule has 3 heteroatoms. The van der Waals surface area contributed by atoms with Crippen molar-refractivity contribution in [1.82, 2.24) is 0 Å². The van der Waals surface area contributed by atoms with E-state index in [1.54, 1.807) is 0 Å². The Balaban J connectivity index is 1.71. The van der Waals surface area contributed by atoms with Gasteiger partial charge in [0.1, 0.15) is 5.75 Å². The zero-order chi connectivity index (χ0) is 17.9. The standard InChI is InChI=1S/C22H30O3/c1-4-9-20(5-2)21-12-14-22(15-13-21)24-18(3)25-23-17-16-19-10-7-6-8-11-19/h6-8,10-15,18,20H,4-5,9,16-17H2,1-3H3. The molecule has 0 spiro atoms. The Morgan fingerprint density at radius 1 is 0.920 bits per heavy atom. The highest BCUT2D eigenvalue weighted by atomic mass is 17.2. The molecule has 0 bridgehead atoms. The molecule has 0 N–H and O–H groups in total. The summed E-state index contributed by atoms with van der Waals surface area (Å²) in [6.07, 6.45) is 3.98. The molecule has 0 aromatic heterocycles. The van der Waals surface area contributed by atoms with Crippen molar-refractivity contribution in [2.45, 2.75) is 58.7 Å². The Labute approximate surface area is 151 Å². The number of benzene rings is 2. The molecule has 0 saturated carbocycles. The summed E-state index contributed by atoms with van der Waals surface area (Å²) < 4.78 is 5.75. The zero-order valence-electron chi connectivity index (χ0n) is 15.6. The second kappa shape index (κ2) is 10.9. The highest BCUT2D eigenvalue weighted by molar-refractivity contribution is 5.29. The summed E-state index contributed by atoms with van der Waals surface area (Å²) in [6.45, 7) is 6.82. The van der Waals surface area contributed by atoms with Crippen molar-refractivity contribution in [1.29, 1.82) is 0 Å². The molecule has 0 amide bonds. The maximum Gasteiger partial charge on any atom is 0.228 e. The molecule has 2 aromatic carbocycles. The SMILES string of the molecule is CCCC(CC)c1ccc(OC(C)OOCCc2ccccc2)cc1. The average molecular weight is 342 g/mol. The van der Waals surface area contributed by atoms with Crippen LogP contribution in [0.4, 0.5) is 0 Å². The van der Waals surface area contributed by atoms with Gasteiger partial charge in [0.2, 0.25) is 6.29 Å². The maximum absolute atomic E-state index is 5.75. The van der Waals surface area contributed by atoms with Gasteiger partial charge in [-0.15, -0.1) is 0 Å². The van der Waals surface area contributed by atoms with Crippen molar-refractivity contribution in [2.24, 2.45) is 0 Å².